The average Bonchev–Trinajstić information content (AvgIpc) is 2.15. The summed E-state index contributed by atoms with van der Waals surface area (Å²) in [6, 6.07) is 0.0826. The van der Waals surface area contributed by atoms with Gasteiger partial charge in [0.2, 0.25) is 0 Å². The molecule has 0 radical (unpaired) electrons. The van der Waals surface area contributed by atoms with Crippen LogP contribution in [-0.4, -0.2) is 57.5 Å². The molecule has 0 spiro atoms. The minimum Gasteiger partial charge on any atom is -0.385 e. The van der Waals surface area contributed by atoms with E-state index in [4.69, 9.17) is 4.74 Å². The lowest BCUT2D eigenvalue weighted by molar-refractivity contribution is -0.125. The van der Waals surface area contributed by atoms with Crippen molar-refractivity contribution >= 4 is 0 Å². The third-order valence-electron chi connectivity index (χ3n) is 2.38. The largest absolute Gasteiger partial charge is 0.401 e. The van der Waals surface area contributed by atoms with Crippen LogP contribution in [0.5, 0.6) is 0 Å². The second-order valence-electron chi connectivity index (χ2n) is 3.92. The Morgan fingerprint density at radius 1 is 1.38 bits per heavy atom. The highest BCUT2D eigenvalue weighted by molar-refractivity contribution is 4.67. The molecule has 6 heteroatoms. The van der Waals surface area contributed by atoms with Gasteiger partial charge in [0, 0.05) is 32.8 Å². The van der Waals surface area contributed by atoms with E-state index in [2.05, 4.69) is 5.32 Å². The Morgan fingerprint density at radius 2 is 2.00 bits per heavy atom. The second-order valence-corrected chi connectivity index (χ2v) is 3.92. The van der Waals surface area contributed by atoms with Crippen molar-refractivity contribution in [2.45, 2.75) is 25.6 Å². The van der Waals surface area contributed by atoms with E-state index >= 15 is 0 Å². The first kappa shape index (κ1) is 15.7. The smallest absolute Gasteiger partial charge is 0.385 e. The van der Waals surface area contributed by atoms with Crippen molar-refractivity contribution in [3.63, 3.8) is 0 Å². The lowest BCUT2D eigenvalue weighted by atomic mass is 10.2. The van der Waals surface area contributed by atoms with Crippen molar-refractivity contribution in [1.29, 1.82) is 0 Å². The highest BCUT2D eigenvalue weighted by Gasteiger charge is 2.26. The molecule has 1 N–H and O–H groups in total. The standard InChI is InChI=1S/C10H21F3N2O/c1-9(7-14-8-10(11,12)13)15(2)5-4-6-16-3/h9,14H,4-8H2,1-3H3. The summed E-state index contributed by atoms with van der Waals surface area (Å²) in [6.07, 6.45) is -3.25. The Bertz CT molecular complexity index is 176. The fraction of sp³-hybridized carbons (Fsp3) is 1.00. The Hall–Kier alpha value is -0.330. The highest BCUT2D eigenvalue weighted by atomic mass is 19.4. The predicted molar refractivity (Wildman–Crippen MR) is 57.5 cm³/mol. The van der Waals surface area contributed by atoms with E-state index in [1.165, 1.54) is 0 Å². The number of methoxy groups -OCH3 is 1. The van der Waals surface area contributed by atoms with E-state index in [0.717, 1.165) is 13.0 Å². The van der Waals surface area contributed by atoms with Crippen molar-refractivity contribution in [1.82, 2.24) is 10.2 Å². The third-order valence-corrected chi connectivity index (χ3v) is 2.38. The molecule has 0 heterocycles. The van der Waals surface area contributed by atoms with Crippen LogP contribution in [0.4, 0.5) is 13.2 Å². The van der Waals surface area contributed by atoms with E-state index in [0.29, 0.717) is 13.2 Å². The first-order chi connectivity index (χ1) is 7.37. The molecule has 0 bridgehead atoms. The molecule has 1 atom stereocenters. The molecule has 0 aromatic rings. The Balaban J connectivity index is 3.58. The van der Waals surface area contributed by atoms with Crippen molar-refractivity contribution in [2.24, 2.45) is 0 Å². The normalized spacial score (nSPS) is 14.4. The van der Waals surface area contributed by atoms with Gasteiger partial charge >= 0.3 is 6.18 Å². The average molecular weight is 242 g/mol. The van der Waals surface area contributed by atoms with E-state index in [9.17, 15) is 13.2 Å². The summed E-state index contributed by atoms with van der Waals surface area (Å²) in [6.45, 7) is 2.80. The number of hydrogen-bond acceptors (Lipinski definition) is 3. The van der Waals surface area contributed by atoms with Crippen LogP contribution < -0.4 is 5.32 Å². The molecule has 0 aliphatic heterocycles. The number of ether oxygens (including phenoxy) is 1. The zero-order valence-electron chi connectivity index (χ0n) is 10.1. The summed E-state index contributed by atoms with van der Waals surface area (Å²) in [5.41, 5.74) is 0. The number of nitrogens with zero attached hydrogens (tertiary/aromatic N) is 1. The van der Waals surface area contributed by atoms with Crippen LogP contribution in [0.1, 0.15) is 13.3 Å². The number of nitrogens with one attached hydrogen (secondary N) is 1. The van der Waals surface area contributed by atoms with E-state index in [-0.39, 0.29) is 6.04 Å². The van der Waals surface area contributed by atoms with Gasteiger partial charge in [-0.05, 0) is 20.4 Å². The summed E-state index contributed by atoms with van der Waals surface area (Å²) < 4.78 is 40.5. The highest BCUT2D eigenvalue weighted by Crippen LogP contribution is 2.12. The molecule has 16 heavy (non-hydrogen) atoms. The predicted octanol–water partition coefficient (Wildman–Crippen LogP) is 1.50. The van der Waals surface area contributed by atoms with Gasteiger partial charge in [-0.3, -0.25) is 0 Å². The Kier molecular flexibility index (Phi) is 7.70. The van der Waals surface area contributed by atoms with Gasteiger partial charge in [-0.1, -0.05) is 0 Å². The second kappa shape index (κ2) is 7.86. The van der Waals surface area contributed by atoms with Crippen LogP contribution >= 0.6 is 0 Å². The van der Waals surface area contributed by atoms with E-state index in [1.54, 1.807) is 7.11 Å². The molecule has 0 amide bonds. The number of halogens is 3. The summed E-state index contributed by atoms with van der Waals surface area (Å²) in [5.74, 6) is 0. The summed E-state index contributed by atoms with van der Waals surface area (Å²) in [5, 5.41) is 2.40. The Labute approximate surface area is 94.9 Å². The van der Waals surface area contributed by atoms with Crippen molar-refractivity contribution in [3.8, 4) is 0 Å². The van der Waals surface area contributed by atoms with Crippen LogP contribution in [-0.2, 0) is 4.74 Å². The summed E-state index contributed by atoms with van der Waals surface area (Å²) >= 11 is 0. The van der Waals surface area contributed by atoms with E-state index < -0.39 is 12.7 Å². The van der Waals surface area contributed by atoms with Crippen molar-refractivity contribution < 1.29 is 17.9 Å². The van der Waals surface area contributed by atoms with Gasteiger partial charge in [-0.15, -0.1) is 0 Å². The van der Waals surface area contributed by atoms with Crippen LogP contribution in [0, 0.1) is 0 Å². The van der Waals surface area contributed by atoms with Gasteiger partial charge in [0.05, 0.1) is 6.54 Å². The molecular weight excluding hydrogens is 221 g/mol. The molecule has 0 aromatic carbocycles. The molecular formula is C10H21F3N2O. The summed E-state index contributed by atoms with van der Waals surface area (Å²) in [7, 11) is 3.53. The fourth-order valence-corrected chi connectivity index (χ4v) is 1.26. The first-order valence-corrected chi connectivity index (χ1v) is 5.33. The monoisotopic (exact) mass is 242 g/mol. The maximum atomic E-state index is 11.9. The van der Waals surface area contributed by atoms with Gasteiger partial charge in [0.25, 0.3) is 0 Å². The molecule has 0 saturated heterocycles. The molecule has 1 unspecified atom stereocenters. The van der Waals surface area contributed by atoms with Crippen molar-refractivity contribution in [2.75, 3.05) is 40.4 Å². The maximum absolute atomic E-state index is 11.9. The first-order valence-electron chi connectivity index (χ1n) is 5.33. The number of alkyl halides is 3. The SMILES string of the molecule is COCCCN(C)C(C)CNCC(F)(F)F. The molecule has 0 saturated carbocycles. The quantitative estimate of drug-likeness (QED) is 0.653. The van der Waals surface area contributed by atoms with Gasteiger partial charge in [-0.2, -0.15) is 13.2 Å². The number of hydrogen-bond donors (Lipinski definition) is 1. The molecule has 3 nitrogen and oxygen atoms in total. The van der Waals surface area contributed by atoms with Crippen LogP contribution in [0.25, 0.3) is 0 Å². The minimum absolute atomic E-state index is 0.0826. The van der Waals surface area contributed by atoms with Crippen LogP contribution in [0.2, 0.25) is 0 Å². The van der Waals surface area contributed by atoms with Gasteiger partial charge < -0.3 is 15.0 Å². The number of rotatable bonds is 8. The van der Waals surface area contributed by atoms with Gasteiger partial charge in [0.15, 0.2) is 0 Å². The van der Waals surface area contributed by atoms with Crippen LogP contribution in [0.3, 0.4) is 0 Å². The lowest BCUT2D eigenvalue weighted by Crippen LogP contribution is -2.41. The van der Waals surface area contributed by atoms with Gasteiger partial charge in [0.1, 0.15) is 0 Å². The lowest BCUT2D eigenvalue weighted by Gasteiger charge is -2.25. The van der Waals surface area contributed by atoms with Crippen LogP contribution in [0.15, 0.2) is 0 Å². The topological polar surface area (TPSA) is 24.5 Å². The maximum Gasteiger partial charge on any atom is 0.401 e. The third kappa shape index (κ3) is 8.94. The fourth-order valence-electron chi connectivity index (χ4n) is 1.26. The zero-order valence-corrected chi connectivity index (χ0v) is 10.1. The van der Waals surface area contributed by atoms with Crippen molar-refractivity contribution in [3.05, 3.63) is 0 Å². The molecule has 0 rings (SSSR count). The molecule has 98 valence electrons. The minimum atomic E-state index is -4.13. The van der Waals surface area contributed by atoms with Gasteiger partial charge in [-0.25, -0.2) is 0 Å². The molecule has 0 aromatic heterocycles. The summed E-state index contributed by atoms with van der Waals surface area (Å²) in [4.78, 5) is 2.02. The molecule has 0 aliphatic rings. The Morgan fingerprint density at radius 3 is 2.50 bits per heavy atom. The van der Waals surface area contributed by atoms with E-state index in [1.807, 2.05) is 18.9 Å². The molecule has 0 fully saturated rings. The number of likely N-dealkylation sites (N-methyl/N-ethyl adjacent to an activating group) is 1. The zero-order chi connectivity index (χ0) is 12.6. The molecule has 0 aliphatic carbocycles.